The van der Waals surface area contributed by atoms with E-state index in [0.717, 1.165) is 0 Å². The van der Waals surface area contributed by atoms with Gasteiger partial charge in [-0.1, -0.05) is 18.6 Å². The van der Waals surface area contributed by atoms with Crippen LogP contribution in [-0.4, -0.2) is 20.6 Å². The molecule has 1 aliphatic carbocycles. The molecule has 0 aliphatic heterocycles. The van der Waals surface area contributed by atoms with Gasteiger partial charge in [0.05, 0.1) is 5.75 Å². The van der Waals surface area contributed by atoms with E-state index in [4.69, 9.17) is 0 Å². The van der Waals surface area contributed by atoms with Crippen LogP contribution in [0.25, 0.3) is 0 Å². The van der Waals surface area contributed by atoms with Crippen LogP contribution in [0.3, 0.4) is 0 Å². The second kappa shape index (κ2) is 5.73. The first-order valence-corrected chi connectivity index (χ1v) is 7.98. The van der Waals surface area contributed by atoms with E-state index in [1.807, 2.05) is 0 Å². The van der Waals surface area contributed by atoms with E-state index in [0.29, 0.717) is 12.0 Å². The van der Waals surface area contributed by atoms with Crippen LogP contribution in [0.1, 0.15) is 24.8 Å². The van der Waals surface area contributed by atoms with Crippen molar-refractivity contribution in [2.45, 2.75) is 32.2 Å². The van der Waals surface area contributed by atoms with Crippen molar-refractivity contribution in [2.24, 2.45) is 5.41 Å². The molecule has 0 atom stereocenters. The quantitative estimate of drug-likeness (QED) is 0.878. The van der Waals surface area contributed by atoms with E-state index in [9.17, 15) is 21.6 Å². The molecule has 0 bridgehead atoms. The molecule has 1 N–H and O–H groups in total. The monoisotopic (exact) mass is 307 g/mol. The first kappa shape index (κ1) is 15.3. The molecule has 20 heavy (non-hydrogen) atoms. The van der Waals surface area contributed by atoms with Gasteiger partial charge in [0.1, 0.15) is 5.82 Å². The lowest BCUT2D eigenvalue weighted by molar-refractivity contribution is -0.0434. The van der Waals surface area contributed by atoms with Crippen molar-refractivity contribution in [3.8, 4) is 0 Å². The minimum absolute atomic E-state index is 0.0978. The van der Waals surface area contributed by atoms with Crippen molar-refractivity contribution in [1.82, 2.24) is 4.72 Å². The summed E-state index contributed by atoms with van der Waals surface area (Å²) in [6, 6.07) is 5.48. The van der Waals surface area contributed by atoms with Crippen molar-refractivity contribution >= 4 is 10.0 Å². The van der Waals surface area contributed by atoms with Gasteiger partial charge in [0.2, 0.25) is 16.4 Å². The maximum Gasteiger partial charge on any atom is 0.245 e. The second-order valence-corrected chi connectivity index (χ2v) is 7.03. The molecule has 112 valence electrons. The summed E-state index contributed by atoms with van der Waals surface area (Å²) >= 11 is 0. The first-order chi connectivity index (χ1) is 9.33. The minimum Gasteiger partial charge on any atom is -0.212 e. The Bertz CT molecular complexity index is 571. The predicted molar refractivity (Wildman–Crippen MR) is 69.3 cm³/mol. The molecule has 0 spiro atoms. The average Bonchev–Trinajstić information content (AvgIpc) is 2.31. The van der Waals surface area contributed by atoms with Crippen molar-refractivity contribution in [2.75, 3.05) is 5.75 Å². The minimum atomic E-state index is -3.81. The molecule has 0 radical (unpaired) electrons. The van der Waals surface area contributed by atoms with Crippen LogP contribution in [0.2, 0.25) is 0 Å². The summed E-state index contributed by atoms with van der Waals surface area (Å²) in [6.45, 7) is -0.0978. The third-order valence-corrected chi connectivity index (χ3v) is 5.21. The summed E-state index contributed by atoms with van der Waals surface area (Å²) < 4.78 is 64.8. The molecule has 1 saturated carbocycles. The van der Waals surface area contributed by atoms with E-state index in [2.05, 4.69) is 4.72 Å². The summed E-state index contributed by atoms with van der Waals surface area (Å²) in [7, 11) is -3.81. The smallest absolute Gasteiger partial charge is 0.212 e. The molecule has 1 aromatic carbocycles. The molecule has 0 saturated heterocycles. The van der Waals surface area contributed by atoms with Crippen LogP contribution in [0, 0.1) is 11.2 Å². The summed E-state index contributed by atoms with van der Waals surface area (Å²) in [6.07, 6.45) is -1.55. The molecule has 3 nitrogen and oxygen atoms in total. The first-order valence-electron chi connectivity index (χ1n) is 6.33. The molecule has 0 unspecified atom stereocenters. The number of rotatable bonds is 6. The van der Waals surface area contributed by atoms with Gasteiger partial charge in [-0.05, 0) is 30.5 Å². The van der Waals surface area contributed by atoms with E-state index >= 15 is 0 Å². The Morgan fingerprint density at radius 1 is 1.30 bits per heavy atom. The summed E-state index contributed by atoms with van der Waals surface area (Å²) in [4.78, 5) is 0. The Morgan fingerprint density at radius 3 is 2.50 bits per heavy atom. The Hall–Kier alpha value is -1.08. The Labute approximate surface area is 116 Å². The number of alkyl halides is 2. The maximum atomic E-state index is 13.0. The van der Waals surface area contributed by atoms with Gasteiger partial charge in [-0.15, -0.1) is 0 Å². The molecule has 1 fully saturated rings. The second-order valence-electron chi connectivity index (χ2n) is 5.23. The molecule has 0 heterocycles. The van der Waals surface area contributed by atoms with Gasteiger partial charge >= 0.3 is 0 Å². The van der Waals surface area contributed by atoms with Crippen LogP contribution >= 0.6 is 0 Å². The number of hydrogen-bond acceptors (Lipinski definition) is 2. The Balaban J connectivity index is 1.98. The van der Waals surface area contributed by atoms with Gasteiger partial charge in [0.25, 0.3) is 0 Å². The fourth-order valence-corrected chi connectivity index (χ4v) is 3.99. The Kier molecular flexibility index (Phi) is 4.39. The topological polar surface area (TPSA) is 46.2 Å². The van der Waals surface area contributed by atoms with Gasteiger partial charge < -0.3 is 0 Å². The number of benzene rings is 1. The zero-order valence-electron chi connectivity index (χ0n) is 10.8. The van der Waals surface area contributed by atoms with Gasteiger partial charge in [-0.2, -0.15) is 0 Å². The summed E-state index contributed by atoms with van der Waals surface area (Å²) in [5, 5.41) is 0. The molecule has 7 heteroatoms. The van der Waals surface area contributed by atoms with Crippen LogP contribution in [0.5, 0.6) is 0 Å². The van der Waals surface area contributed by atoms with Gasteiger partial charge in [-0.3, -0.25) is 0 Å². The highest BCUT2D eigenvalue weighted by atomic mass is 32.2. The highest BCUT2D eigenvalue weighted by Gasteiger charge is 2.48. The van der Waals surface area contributed by atoms with Crippen molar-refractivity contribution in [3.05, 3.63) is 35.6 Å². The van der Waals surface area contributed by atoms with E-state index in [-0.39, 0.29) is 19.4 Å². The number of sulfonamides is 1. The zero-order valence-corrected chi connectivity index (χ0v) is 11.6. The predicted octanol–water partition coefficient (Wildman–Crippen LogP) is 2.68. The third-order valence-electron chi connectivity index (χ3n) is 3.67. The van der Waals surface area contributed by atoms with E-state index in [1.54, 1.807) is 6.07 Å². The fourth-order valence-electron chi connectivity index (χ4n) is 2.33. The molecule has 0 aromatic heterocycles. The SMILES string of the molecule is O=S(=O)(CC1(C(F)F)CCC1)NCc1cccc(F)c1. The lowest BCUT2D eigenvalue weighted by Crippen LogP contribution is -2.45. The largest absolute Gasteiger partial charge is 0.245 e. The highest BCUT2D eigenvalue weighted by molar-refractivity contribution is 7.89. The summed E-state index contributed by atoms with van der Waals surface area (Å²) in [5.74, 6) is -1.04. The van der Waals surface area contributed by atoms with Crippen molar-refractivity contribution in [3.63, 3.8) is 0 Å². The zero-order chi connectivity index (χ0) is 14.8. The van der Waals surface area contributed by atoms with Crippen LogP contribution in [0.4, 0.5) is 13.2 Å². The summed E-state index contributed by atoms with van der Waals surface area (Å²) in [5.41, 5.74) is -0.957. The highest BCUT2D eigenvalue weighted by Crippen LogP contribution is 2.46. The number of hydrogen-bond donors (Lipinski definition) is 1. The lowest BCUT2D eigenvalue weighted by Gasteiger charge is -2.40. The Morgan fingerprint density at radius 2 is 2.00 bits per heavy atom. The lowest BCUT2D eigenvalue weighted by atomic mass is 9.70. The van der Waals surface area contributed by atoms with Crippen LogP contribution in [0.15, 0.2) is 24.3 Å². The van der Waals surface area contributed by atoms with Crippen molar-refractivity contribution < 1.29 is 21.6 Å². The van der Waals surface area contributed by atoms with Gasteiger partial charge in [-0.25, -0.2) is 26.3 Å². The molecule has 1 aromatic rings. The molecular formula is C13H16F3NO2S. The standard InChI is InChI=1S/C13H16F3NO2S/c14-11-4-1-3-10(7-11)8-17-20(18,19)9-13(12(15)16)5-2-6-13/h1,3-4,7,12,17H,2,5-6,8-9H2. The van der Waals surface area contributed by atoms with Gasteiger partial charge in [0, 0.05) is 12.0 Å². The molecule has 2 rings (SSSR count). The van der Waals surface area contributed by atoms with E-state index in [1.165, 1.54) is 18.2 Å². The molecular weight excluding hydrogens is 291 g/mol. The van der Waals surface area contributed by atoms with Crippen molar-refractivity contribution in [1.29, 1.82) is 0 Å². The van der Waals surface area contributed by atoms with Crippen LogP contribution < -0.4 is 4.72 Å². The average molecular weight is 307 g/mol. The third kappa shape index (κ3) is 3.52. The number of halogens is 3. The van der Waals surface area contributed by atoms with E-state index < -0.39 is 33.4 Å². The normalized spacial score (nSPS) is 18.0. The number of nitrogens with one attached hydrogen (secondary N) is 1. The maximum absolute atomic E-state index is 13.0. The molecule has 0 amide bonds. The van der Waals surface area contributed by atoms with Gasteiger partial charge in [0.15, 0.2) is 0 Å². The fraction of sp³-hybridized carbons (Fsp3) is 0.538. The molecule has 1 aliphatic rings. The van der Waals surface area contributed by atoms with Crippen LogP contribution in [-0.2, 0) is 16.6 Å².